The van der Waals surface area contributed by atoms with Gasteiger partial charge in [0.15, 0.2) is 0 Å². The molecule has 1 amide bonds. The van der Waals surface area contributed by atoms with Crippen LogP contribution in [0.3, 0.4) is 0 Å². The van der Waals surface area contributed by atoms with Gasteiger partial charge in [0.1, 0.15) is 11.6 Å². The van der Waals surface area contributed by atoms with Crippen LogP contribution >= 0.6 is 0 Å². The Morgan fingerprint density at radius 2 is 1.82 bits per heavy atom. The van der Waals surface area contributed by atoms with Gasteiger partial charge in [0.25, 0.3) is 5.91 Å². The Kier molecular flexibility index (Phi) is 6.40. The lowest BCUT2D eigenvalue weighted by molar-refractivity contribution is 0.101. The molecule has 4 aromatic rings. The molecule has 0 saturated carbocycles. The quantitative estimate of drug-likeness (QED) is 0.420. The highest BCUT2D eigenvalue weighted by Gasteiger charge is 2.18. The number of hydrogen-bond donors (Lipinski definition) is 1. The Morgan fingerprint density at radius 3 is 2.58 bits per heavy atom. The fourth-order valence-electron chi connectivity index (χ4n) is 3.97. The second-order valence-electron chi connectivity index (χ2n) is 8.83. The minimum absolute atomic E-state index is 0.146. The van der Waals surface area contributed by atoms with Crippen LogP contribution in [0.1, 0.15) is 72.9 Å². The van der Waals surface area contributed by atoms with Gasteiger partial charge in [-0.3, -0.25) is 4.79 Å². The molecule has 4 rings (SSSR count). The fraction of sp³-hybridized carbons (Fsp3) is 0.308. The van der Waals surface area contributed by atoms with Gasteiger partial charge in [0.05, 0.1) is 5.69 Å². The van der Waals surface area contributed by atoms with E-state index in [1.807, 2.05) is 61.8 Å². The summed E-state index contributed by atoms with van der Waals surface area (Å²) in [6.45, 7) is 11.1. The Balaban J connectivity index is 1.54. The van der Waals surface area contributed by atoms with Crippen LogP contribution in [0.2, 0.25) is 0 Å². The monoisotopic (exact) mass is 442 g/mol. The number of aromatic nitrogens is 5. The van der Waals surface area contributed by atoms with Gasteiger partial charge in [0.2, 0.25) is 5.82 Å². The second kappa shape index (κ2) is 9.40. The Labute approximate surface area is 194 Å². The van der Waals surface area contributed by atoms with Gasteiger partial charge in [-0.15, -0.1) is 5.10 Å². The summed E-state index contributed by atoms with van der Waals surface area (Å²) < 4.78 is 3.87. The topological polar surface area (TPSA) is 77.6 Å². The molecule has 0 spiro atoms. The number of nitrogens with one attached hydrogen (secondary N) is 1. The van der Waals surface area contributed by atoms with E-state index in [0.29, 0.717) is 29.9 Å². The van der Waals surface area contributed by atoms with Crippen LogP contribution in [0.25, 0.3) is 5.69 Å². The largest absolute Gasteiger partial charge is 0.330 e. The summed E-state index contributed by atoms with van der Waals surface area (Å²) >= 11 is 0. The predicted octanol–water partition coefficient (Wildman–Crippen LogP) is 5.32. The smallest absolute Gasteiger partial charge is 0.295 e. The summed E-state index contributed by atoms with van der Waals surface area (Å²) in [5, 5.41) is 7.46. The molecular weight excluding hydrogens is 412 g/mol. The summed E-state index contributed by atoms with van der Waals surface area (Å²) in [6.07, 6.45) is 3.80. The van der Waals surface area contributed by atoms with Crippen molar-refractivity contribution in [1.29, 1.82) is 0 Å². The highest BCUT2D eigenvalue weighted by Crippen LogP contribution is 2.23. The van der Waals surface area contributed by atoms with E-state index in [-0.39, 0.29) is 11.7 Å². The highest BCUT2D eigenvalue weighted by atomic mass is 16.2. The molecule has 2 aromatic heterocycles. The zero-order valence-electron chi connectivity index (χ0n) is 19.8. The Hall–Kier alpha value is -3.74. The van der Waals surface area contributed by atoms with Crippen molar-refractivity contribution in [3.05, 3.63) is 89.5 Å². The van der Waals surface area contributed by atoms with Crippen LogP contribution in [0.4, 0.5) is 5.69 Å². The van der Waals surface area contributed by atoms with Crippen molar-refractivity contribution in [3.63, 3.8) is 0 Å². The molecule has 7 heteroatoms. The highest BCUT2D eigenvalue weighted by molar-refractivity contribution is 6.01. The molecule has 170 valence electrons. The molecule has 1 N–H and O–H groups in total. The maximum absolute atomic E-state index is 12.9. The number of anilines is 1. The fourth-order valence-corrected chi connectivity index (χ4v) is 3.97. The summed E-state index contributed by atoms with van der Waals surface area (Å²) in [7, 11) is 0. The van der Waals surface area contributed by atoms with Crippen molar-refractivity contribution >= 4 is 11.6 Å². The van der Waals surface area contributed by atoms with E-state index in [9.17, 15) is 4.79 Å². The molecule has 0 atom stereocenters. The van der Waals surface area contributed by atoms with Crippen LogP contribution in [-0.4, -0.2) is 30.2 Å². The van der Waals surface area contributed by atoms with Crippen molar-refractivity contribution in [2.45, 2.75) is 53.0 Å². The molecule has 7 nitrogen and oxygen atoms in total. The summed E-state index contributed by atoms with van der Waals surface area (Å²) in [5.41, 5.74) is 3.89. The minimum Gasteiger partial charge on any atom is -0.330 e. The number of imidazole rings is 1. The first-order chi connectivity index (χ1) is 15.8. The van der Waals surface area contributed by atoms with Crippen molar-refractivity contribution in [2.75, 3.05) is 5.32 Å². The van der Waals surface area contributed by atoms with E-state index >= 15 is 0 Å². The molecule has 0 bridgehead atoms. The Morgan fingerprint density at radius 1 is 1.03 bits per heavy atom. The van der Waals surface area contributed by atoms with Crippen LogP contribution in [0.5, 0.6) is 0 Å². The zero-order valence-corrected chi connectivity index (χ0v) is 19.8. The maximum Gasteiger partial charge on any atom is 0.295 e. The number of carbonyl (C=O) groups excluding carboxylic acids is 1. The van der Waals surface area contributed by atoms with Crippen LogP contribution in [0.15, 0.2) is 60.9 Å². The van der Waals surface area contributed by atoms with E-state index < -0.39 is 0 Å². The van der Waals surface area contributed by atoms with E-state index in [2.05, 4.69) is 58.7 Å². The number of hydrogen-bond acceptors (Lipinski definition) is 4. The zero-order chi connectivity index (χ0) is 23.5. The van der Waals surface area contributed by atoms with Crippen molar-refractivity contribution in [3.8, 4) is 5.69 Å². The average molecular weight is 443 g/mol. The Bertz CT molecular complexity index is 1270. The molecule has 0 aliphatic rings. The van der Waals surface area contributed by atoms with Gasteiger partial charge < -0.3 is 9.88 Å². The van der Waals surface area contributed by atoms with Crippen LogP contribution in [0, 0.1) is 6.92 Å². The lowest BCUT2D eigenvalue weighted by Crippen LogP contribution is -2.15. The molecule has 0 unspecified atom stereocenters. The average Bonchev–Trinajstić information content (AvgIpc) is 3.40. The van der Waals surface area contributed by atoms with E-state index in [4.69, 9.17) is 0 Å². The molecule has 0 saturated heterocycles. The first-order valence-corrected chi connectivity index (χ1v) is 11.3. The number of benzene rings is 2. The third-order valence-electron chi connectivity index (χ3n) is 5.56. The van der Waals surface area contributed by atoms with E-state index in [1.54, 1.807) is 4.68 Å². The van der Waals surface area contributed by atoms with Gasteiger partial charge >= 0.3 is 0 Å². The van der Waals surface area contributed by atoms with Crippen molar-refractivity contribution in [1.82, 2.24) is 24.3 Å². The lowest BCUT2D eigenvalue weighted by Gasteiger charge is -2.12. The summed E-state index contributed by atoms with van der Waals surface area (Å²) in [5.74, 6) is 2.19. The van der Waals surface area contributed by atoms with Gasteiger partial charge in [-0.25, -0.2) is 14.6 Å². The van der Waals surface area contributed by atoms with E-state index in [1.165, 1.54) is 0 Å². The summed E-state index contributed by atoms with van der Waals surface area (Å²) in [4.78, 5) is 21.8. The molecule has 2 aromatic carbocycles. The van der Waals surface area contributed by atoms with Gasteiger partial charge in [0, 0.05) is 30.5 Å². The van der Waals surface area contributed by atoms with E-state index in [0.717, 1.165) is 22.6 Å². The number of carbonyl (C=O) groups is 1. The van der Waals surface area contributed by atoms with Gasteiger partial charge in [-0.2, -0.15) is 0 Å². The molecule has 33 heavy (non-hydrogen) atoms. The summed E-state index contributed by atoms with van der Waals surface area (Å²) in [6, 6.07) is 15.9. The molecule has 2 heterocycles. The molecular formula is C26H30N6O. The first kappa shape index (κ1) is 22.5. The number of amides is 1. The molecule has 0 aliphatic carbocycles. The SMILES string of the molecule is Cc1nc(C(=O)Nc2cccc(Cn3ccnc3C(C)C)c2)nn1-c1ccccc1C(C)C. The normalized spacial score (nSPS) is 11.4. The number of para-hydroxylation sites is 1. The third-order valence-corrected chi connectivity index (χ3v) is 5.56. The number of rotatable bonds is 7. The van der Waals surface area contributed by atoms with Crippen molar-refractivity contribution < 1.29 is 4.79 Å². The number of nitrogens with zero attached hydrogens (tertiary/aromatic N) is 5. The third kappa shape index (κ3) is 4.87. The number of aryl methyl sites for hydroxylation is 1. The van der Waals surface area contributed by atoms with Crippen molar-refractivity contribution in [2.24, 2.45) is 0 Å². The molecule has 0 radical (unpaired) electrons. The van der Waals surface area contributed by atoms with Crippen LogP contribution < -0.4 is 5.32 Å². The van der Waals surface area contributed by atoms with Gasteiger partial charge in [-0.1, -0.05) is 58.0 Å². The first-order valence-electron chi connectivity index (χ1n) is 11.3. The standard InChI is InChI=1S/C26H30N6O/c1-17(2)22-11-6-7-12-23(22)32-19(5)28-24(30-32)26(33)29-21-10-8-9-20(15-21)16-31-14-13-27-25(31)18(3)4/h6-15,17-18H,16H2,1-5H3,(H,29,33). The molecule has 0 fully saturated rings. The predicted molar refractivity (Wildman–Crippen MR) is 130 cm³/mol. The van der Waals surface area contributed by atoms with Crippen LogP contribution in [-0.2, 0) is 6.54 Å². The van der Waals surface area contributed by atoms with Gasteiger partial charge in [-0.05, 0) is 42.2 Å². The molecule has 0 aliphatic heterocycles. The lowest BCUT2D eigenvalue weighted by atomic mass is 10.0. The minimum atomic E-state index is -0.332. The maximum atomic E-state index is 12.9. The second-order valence-corrected chi connectivity index (χ2v) is 8.83.